The lowest BCUT2D eigenvalue weighted by molar-refractivity contribution is -0.130. The first-order valence-electron chi connectivity index (χ1n) is 12.1. The number of carbonyl (C=O) groups is 2. The van der Waals surface area contributed by atoms with Crippen LogP contribution in [0.2, 0.25) is 0 Å². The van der Waals surface area contributed by atoms with Crippen molar-refractivity contribution in [1.29, 1.82) is 0 Å². The van der Waals surface area contributed by atoms with Crippen LogP contribution in [-0.4, -0.2) is 74.0 Å². The highest BCUT2D eigenvalue weighted by Crippen LogP contribution is 2.33. The van der Waals surface area contributed by atoms with Crippen LogP contribution in [0.1, 0.15) is 47.8 Å². The van der Waals surface area contributed by atoms with Gasteiger partial charge in [-0.25, -0.2) is 4.39 Å². The normalized spacial score (nSPS) is 18.7. The lowest BCUT2D eigenvalue weighted by Gasteiger charge is -2.33. The topological polar surface area (TPSA) is 74.6 Å². The van der Waals surface area contributed by atoms with Gasteiger partial charge in [-0.3, -0.25) is 19.1 Å². The summed E-state index contributed by atoms with van der Waals surface area (Å²) in [6, 6.07) is 15.9. The van der Waals surface area contributed by atoms with Crippen molar-refractivity contribution in [2.75, 3.05) is 32.7 Å². The molecule has 1 aromatic heterocycles. The molecule has 182 valence electrons. The molecule has 3 aromatic rings. The minimum absolute atomic E-state index is 0.0865. The van der Waals surface area contributed by atoms with E-state index in [1.807, 2.05) is 45.9 Å². The second-order valence-electron chi connectivity index (χ2n) is 9.10. The van der Waals surface area contributed by atoms with Crippen LogP contribution in [0.5, 0.6) is 0 Å². The highest BCUT2D eigenvalue weighted by atomic mass is 19.1. The van der Waals surface area contributed by atoms with Gasteiger partial charge in [0.15, 0.2) is 5.82 Å². The van der Waals surface area contributed by atoms with Gasteiger partial charge >= 0.3 is 0 Å². The van der Waals surface area contributed by atoms with E-state index in [2.05, 4.69) is 15.1 Å². The molecule has 5 rings (SSSR count). The number of nitrogens with zero attached hydrogens (tertiary/aromatic N) is 6. The fourth-order valence-corrected chi connectivity index (χ4v) is 5.03. The van der Waals surface area contributed by atoms with Gasteiger partial charge in [0.1, 0.15) is 5.82 Å². The Morgan fingerprint density at radius 3 is 2.46 bits per heavy atom. The molecule has 0 saturated carbocycles. The van der Waals surface area contributed by atoms with E-state index in [-0.39, 0.29) is 29.5 Å². The third-order valence-corrected chi connectivity index (χ3v) is 6.87. The average Bonchev–Trinajstić information content (AvgIpc) is 3.52. The maximum absolute atomic E-state index is 13.9. The van der Waals surface area contributed by atoms with E-state index in [4.69, 9.17) is 0 Å². The van der Waals surface area contributed by atoms with Crippen LogP contribution < -0.4 is 0 Å². The zero-order valence-electron chi connectivity index (χ0n) is 19.8. The van der Waals surface area contributed by atoms with Crippen LogP contribution >= 0.6 is 0 Å². The largest absolute Gasteiger partial charge is 0.340 e. The zero-order chi connectivity index (χ0) is 24.4. The van der Waals surface area contributed by atoms with Crippen molar-refractivity contribution >= 4 is 11.8 Å². The summed E-state index contributed by atoms with van der Waals surface area (Å²) >= 11 is 0. The predicted molar refractivity (Wildman–Crippen MR) is 128 cm³/mol. The molecule has 0 N–H and O–H groups in total. The summed E-state index contributed by atoms with van der Waals surface area (Å²) in [6.07, 6.45) is 1.63. The number of aromatic nitrogens is 3. The third kappa shape index (κ3) is 4.81. The summed E-state index contributed by atoms with van der Waals surface area (Å²) in [5.74, 6) is 0.514. The van der Waals surface area contributed by atoms with E-state index >= 15 is 0 Å². The summed E-state index contributed by atoms with van der Waals surface area (Å²) < 4.78 is 15.7. The molecule has 0 bridgehead atoms. The molecule has 0 radical (unpaired) electrons. The van der Waals surface area contributed by atoms with E-state index in [0.29, 0.717) is 32.0 Å². The van der Waals surface area contributed by atoms with Gasteiger partial charge < -0.3 is 9.80 Å². The number of hydrogen-bond donors (Lipinski definition) is 0. The molecule has 2 fully saturated rings. The first-order valence-corrected chi connectivity index (χ1v) is 12.1. The maximum atomic E-state index is 13.9. The number of benzene rings is 2. The SMILES string of the molecule is CC(=O)N1CCN(Cc2nnc(C(=O)N3CCC[C@@H]3c3cccc(F)c3)n2-c2ccccc2)CC1. The lowest BCUT2D eigenvalue weighted by atomic mass is 10.0. The predicted octanol–water partition coefficient (Wildman–Crippen LogP) is 3.05. The minimum Gasteiger partial charge on any atom is -0.340 e. The lowest BCUT2D eigenvalue weighted by Crippen LogP contribution is -2.47. The molecule has 0 spiro atoms. The molecular weight excluding hydrogens is 447 g/mol. The number of rotatable bonds is 5. The Kier molecular flexibility index (Phi) is 6.59. The molecule has 2 saturated heterocycles. The summed E-state index contributed by atoms with van der Waals surface area (Å²) in [5, 5.41) is 8.78. The number of hydrogen-bond acceptors (Lipinski definition) is 5. The first-order chi connectivity index (χ1) is 17.0. The number of para-hydroxylation sites is 1. The zero-order valence-corrected chi connectivity index (χ0v) is 19.8. The Bertz CT molecular complexity index is 1210. The summed E-state index contributed by atoms with van der Waals surface area (Å²) in [7, 11) is 0. The Hall–Kier alpha value is -3.59. The van der Waals surface area contributed by atoms with Crippen molar-refractivity contribution in [2.45, 2.75) is 32.4 Å². The number of carbonyl (C=O) groups excluding carboxylic acids is 2. The third-order valence-electron chi connectivity index (χ3n) is 6.87. The molecular formula is C26H29FN6O2. The van der Waals surface area contributed by atoms with Crippen molar-refractivity contribution in [3.8, 4) is 5.69 Å². The van der Waals surface area contributed by atoms with Crippen molar-refractivity contribution in [3.05, 3.63) is 77.6 Å². The Balaban J connectivity index is 1.43. The van der Waals surface area contributed by atoms with Gasteiger partial charge in [0.25, 0.3) is 5.91 Å². The van der Waals surface area contributed by atoms with Crippen molar-refractivity contribution in [1.82, 2.24) is 29.5 Å². The van der Waals surface area contributed by atoms with Gasteiger partial charge in [-0.15, -0.1) is 10.2 Å². The Morgan fingerprint density at radius 1 is 0.971 bits per heavy atom. The molecule has 0 aliphatic carbocycles. The van der Waals surface area contributed by atoms with Gasteiger partial charge in [-0.2, -0.15) is 0 Å². The molecule has 35 heavy (non-hydrogen) atoms. The molecule has 2 aliphatic heterocycles. The fourth-order valence-electron chi connectivity index (χ4n) is 5.03. The number of likely N-dealkylation sites (tertiary alicyclic amines) is 1. The minimum atomic E-state index is -0.304. The van der Waals surface area contributed by atoms with Crippen LogP contribution in [0.4, 0.5) is 4.39 Å². The van der Waals surface area contributed by atoms with Gasteiger partial charge in [0, 0.05) is 45.3 Å². The highest BCUT2D eigenvalue weighted by molar-refractivity contribution is 5.92. The van der Waals surface area contributed by atoms with E-state index in [1.54, 1.807) is 17.9 Å². The smallest absolute Gasteiger partial charge is 0.292 e. The van der Waals surface area contributed by atoms with Crippen LogP contribution in [0, 0.1) is 5.82 Å². The van der Waals surface area contributed by atoms with Gasteiger partial charge in [0.05, 0.1) is 12.6 Å². The quantitative estimate of drug-likeness (QED) is 0.566. The molecule has 8 nitrogen and oxygen atoms in total. The molecule has 2 aliphatic rings. The van der Waals surface area contributed by atoms with Crippen molar-refractivity contribution in [3.63, 3.8) is 0 Å². The van der Waals surface area contributed by atoms with Crippen LogP contribution in [0.15, 0.2) is 54.6 Å². The Labute approximate surface area is 204 Å². The fraction of sp³-hybridized carbons (Fsp3) is 0.385. The van der Waals surface area contributed by atoms with Crippen LogP contribution in [0.25, 0.3) is 5.69 Å². The second-order valence-corrected chi connectivity index (χ2v) is 9.10. The molecule has 1 atom stereocenters. The van der Waals surface area contributed by atoms with Crippen LogP contribution in [0.3, 0.4) is 0 Å². The monoisotopic (exact) mass is 476 g/mol. The molecule has 2 aromatic carbocycles. The first kappa shape index (κ1) is 23.2. The van der Waals surface area contributed by atoms with Crippen molar-refractivity contribution in [2.24, 2.45) is 0 Å². The van der Waals surface area contributed by atoms with E-state index in [9.17, 15) is 14.0 Å². The molecule has 2 amide bonds. The second kappa shape index (κ2) is 9.95. The number of halogens is 1. The van der Waals surface area contributed by atoms with E-state index in [1.165, 1.54) is 12.1 Å². The summed E-state index contributed by atoms with van der Waals surface area (Å²) in [5.41, 5.74) is 1.62. The highest BCUT2D eigenvalue weighted by Gasteiger charge is 2.34. The van der Waals surface area contributed by atoms with E-state index < -0.39 is 0 Å². The Morgan fingerprint density at radius 2 is 1.74 bits per heavy atom. The van der Waals surface area contributed by atoms with Gasteiger partial charge in [-0.05, 0) is 42.7 Å². The van der Waals surface area contributed by atoms with Gasteiger partial charge in [0.2, 0.25) is 11.7 Å². The van der Waals surface area contributed by atoms with Crippen LogP contribution in [-0.2, 0) is 11.3 Å². The molecule has 9 heteroatoms. The number of amides is 2. The average molecular weight is 477 g/mol. The molecule has 3 heterocycles. The van der Waals surface area contributed by atoms with Gasteiger partial charge in [-0.1, -0.05) is 30.3 Å². The molecule has 0 unspecified atom stereocenters. The summed E-state index contributed by atoms with van der Waals surface area (Å²) in [4.78, 5) is 31.3. The van der Waals surface area contributed by atoms with Crippen molar-refractivity contribution < 1.29 is 14.0 Å². The van der Waals surface area contributed by atoms with E-state index in [0.717, 1.165) is 37.2 Å². The summed E-state index contributed by atoms with van der Waals surface area (Å²) in [6.45, 7) is 5.51. The standard InChI is InChI=1S/C26H29FN6O2/c1-19(34)31-15-13-30(14-16-31)18-24-28-29-25(33(24)22-9-3-2-4-10-22)26(35)32-12-6-11-23(32)20-7-5-8-21(27)17-20/h2-5,7-10,17,23H,6,11-16,18H2,1H3/t23-/m1/s1. The number of piperazine rings is 1. The maximum Gasteiger partial charge on any atom is 0.292 e.